The molecule has 28 heavy (non-hydrogen) atoms. The molecule has 0 saturated carbocycles. The molecule has 0 radical (unpaired) electrons. The van der Waals surface area contributed by atoms with E-state index in [1.807, 2.05) is 30.0 Å². The van der Waals surface area contributed by atoms with Gasteiger partial charge in [-0.1, -0.05) is 30.3 Å². The predicted molar refractivity (Wildman–Crippen MR) is 105 cm³/mol. The zero-order valence-electron chi connectivity index (χ0n) is 15.1. The molecule has 148 valence electrons. The molecule has 3 aromatic rings. The Hall–Kier alpha value is -2.04. The van der Waals surface area contributed by atoms with Gasteiger partial charge >= 0.3 is 0 Å². The van der Waals surface area contributed by atoms with Gasteiger partial charge in [0.15, 0.2) is 11.9 Å². The Balaban J connectivity index is 1.46. The molecular weight excluding hydrogens is 380 g/mol. The number of nitrogens with zero attached hydrogens (tertiary/aromatic N) is 4. The van der Waals surface area contributed by atoms with Crippen LogP contribution in [0.4, 0.5) is 0 Å². The normalized spacial score (nSPS) is 24.8. The Bertz CT molecular complexity index is 923. The molecule has 3 N–H and O–H groups in total. The van der Waals surface area contributed by atoms with E-state index in [4.69, 9.17) is 4.74 Å². The molecule has 9 heteroatoms. The number of aliphatic hydroxyl groups is 3. The van der Waals surface area contributed by atoms with Crippen molar-refractivity contribution >= 4 is 22.9 Å². The van der Waals surface area contributed by atoms with E-state index in [0.29, 0.717) is 11.2 Å². The second-order valence-corrected chi connectivity index (χ2v) is 7.77. The molecule has 4 rings (SSSR count). The number of ether oxygens (including phenoxy) is 1. The highest BCUT2D eigenvalue weighted by Crippen LogP contribution is 2.31. The van der Waals surface area contributed by atoms with E-state index in [-0.39, 0.29) is 6.61 Å². The van der Waals surface area contributed by atoms with E-state index in [2.05, 4.69) is 27.1 Å². The Kier molecular flexibility index (Phi) is 5.88. The number of aromatic nitrogens is 4. The van der Waals surface area contributed by atoms with Crippen LogP contribution in [0.2, 0.25) is 0 Å². The van der Waals surface area contributed by atoms with Crippen LogP contribution in [-0.2, 0) is 16.9 Å². The number of benzene rings is 1. The molecule has 4 atom stereocenters. The minimum Gasteiger partial charge on any atom is -0.394 e. The van der Waals surface area contributed by atoms with Crippen molar-refractivity contribution < 1.29 is 20.1 Å². The average molecular weight is 402 g/mol. The topological polar surface area (TPSA) is 114 Å². The average Bonchev–Trinajstić information content (AvgIpc) is 3.28. The van der Waals surface area contributed by atoms with Gasteiger partial charge in [0.1, 0.15) is 30.2 Å². The third-order valence-corrected chi connectivity index (χ3v) is 5.85. The first-order valence-electron chi connectivity index (χ1n) is 9.09. The first kappa shape index (κ1) is 19.3. The summed E-state index contributed by atoms with van der Waals surface area (Å²) in [6, 6.07) is 10.3. The lowest BCUT2D eigenvalue weighted by Crippen LogP contribution is -2.33. The van der Waals surface area contributed by atoms with Crippen LogP contribution in [0.3, 0.4) is 0 Å². The Morgan fingerprint density at radius 1 is 1.07 bits per heavy atom. The van der Waals surface area contributed by atoms with Gasteiger partial charge < -0.3 is 20.1 Å². The van der Waals surface area contributed by atoms with Crippen molar-refractivity contribution in [1.29, 1.82) is 0 Å². The van der Waals surface area contributed by atoms with Crippen LogP contribution in [0.15, 0.2) is 43.0 Å². The van der Waals surface area contributed by atoms with Gasteiger partial charge in [-0.25, -0.2) is 15.0 Å². The molecule has 0 bridgehead atoms. The number of imidazole rings is 1. The smallest absolute Gasteiger partial charge is 0.165 e. The lowest BCUT2D eigenvalue weighted by atomic mass is 10.1. The molecule has 3 heterocycles. The first-order chi connectivity index (χ1) is 13.7. The van der Waals surface area contributed by atoms with Gasteiger partial charge in [-0.3, -0.25) is 4.57 Å². The maximum Gasteiger partial charge on any atom is 0.165 e. The van der Waals surface area contributed by atoms with Crippen LogP contribution < -0.4 is 0 Å². The molecule has 1 aromatic carbocycles. The molecule has 1 fully saturated rings. The maximum atomic E-state index is 10.3. The second kappa shape index (κ2) is 8.54. The fourth-order valence-corrected chi connectivity index (χ4v) is 4.22. The van der Waals surface area contributed by atoms with Crippen molar-refractivity contribution in [3.05, 3.63) is 54.2 Å². The van der Waals surface area contributed by atoms with Crippen LogP contribution >= 0.6 is 11.8 Å². The number of fused-ring (bicyclic) bond motifs is 1. The van der Waals surface area contributed by atoms with E-state index < -0.39 is 24.5 Å². The van der Waals surface area contributed by atoms with Gasteiger partial charge in [-0.15, -0.1) is 0 Å². The highest BCUT2D eigenvalue weighted by Gasteiger charge is 2.43. The van der Waals surface area contributed by atoms with Crippen LogP contribution in [0.5, 0.6) is 0 Å². The summed E-state index contributed by atoms with van der Waals surface area (Å²) in [6.45, 7) is -0.375. The molecule has 0 unspecified atom stereocenters. The van der Waals surface area contributed by atoms with Crippen LogP contribution in [0.25, 0.3) is 11.2 Å². The molecule has 0 amide bonds. The van der Waals surface area contributed by atoms with Crippen LogP contribution in [0.1, 0.15) is 17.5 Å². The summed E-state index contributed by atoms with van der Waals surface area (Å²) in [6.07, 6.45) is -0.291. The van der Waals surface area contributed by atoms with Crippen molar-refractivity contribution in [2.75, 3.05) is 12.4 Å². The maximum absolute atomic E-state index is 10.3. The monoisotopic (exact) mass is 402 g/mol. The Labute approximate surface area is 166 Å². The standard InChI is InChI=1S/C19H22N4O4S/c24-8-14-16(25)17(26)19(27-14)23-11-22-15-13(20-10-21-18(15)23)6-7-28-9-12-4-2-1-3-5-12/h1-5,10-11,14,16-17,19,24-26H,6-9H2/t14-,16-,17-,19-/m1/s1. The number of aliphatic hydroxyl groups excluding tert-OH is 3. The zero-order valence-corrected chi connectivity index (χ0v) is 15.9. The highest BCUT2D eigenvalue weighted by atomic mass is 32.2. The molecule has 2 aromatic heterocycles. The number of hydrogen-bond acceptors (Lipinski definition) is 8. The molecule has 1 saturated heterocycles. The fourth-order valence-electron chi connectivity index (χ4n) is 3.31. The summed E-state index contributed by atoms with van der Waals surface area (Å²) < 4.78 is 7.17. The van der Waals surface area contributed by atoms with Gasteiger partial charge in [0.05, 0.1) is 18.6 Å². The summed E-state index contributed by atoms with van der Waals surface area (Å²) in [5, 5.41) is 29.5. The van der Waals surface area contributed by atoms with Crippen molar-refractivity contribution in [2.45, 2.75) is 36.7 Å². The summed E-state index contributed by atoms with van der Waals surface area (Å²) in [7, 11) is 0. The van der Waals surface area contributed by atoms with Gasteiger partial charge in [-0.2, -0.15) is 11.8 Å². The van der Waals surface area contributed by atoms with E-state index in [1.54, 1.807) is 4.57 Å². The Morgan fingerprint density at radius 2 is 1.89 bits per heavy atom. The van der Waals surface area contributed by atoms with Crippen LogP contribution in [-0.4, -0.2) is 65.5 Å². The van der Waals surface area contributed by atoms with Crippen molar-refractivity contribution in [2.24, 2.45) is 0 Å². The zero-order chi connectivity index (χ0) is 19.5. The van der Waals surface area contributed by atoms with Crippen molar-refractivity contribution in [1.82, 2.24) is 19.5 Å². The minimum atomic E-state index is -1.17. The summed E-state index contributed by atoms with van der Waals surface area (Å²) in [5.74, 6) is 1.83. The number of thioether (sulfide) groups is 1. The summed E-state index contributed by atoms with van der Waals surface area (Å²) >= 11 is 1.83. The molecular formula is C19H22N4O4S. The SMILES string of the molecule is OC[C@H]1O[C@@H](n2cnc3c(CCSCc4ccccc4)ncnc32)[C@H](O)[C@@H]1O. The van der Waals surface area contributed by atoms with Crippen molar-refractivity contribution in [3.8, 4) is 0 Å². The van der Waals surface area contributed by atoms with E-state index in [1.165, 1.54) is 18.2 Å². The molecule has 1 aliphatic rings. The fraction of sp³-hybridized carbons (Fsp3) is 0.421. The molecule has 0 aliphatic carbocycles. The summed E-state index contributed by atoms with van der Waals surface area (Å²) in [5.41, 5.74) is 3.30. The minimum absolute atomic E-state index is 0.375. The van der Waals surface area contributed by atoms with E-state index >= 15 is 0 Å². The second-order valence-electron chi connectivity index (χ2n) is 6.66. The van der Waals surface area contributed by atoms with Gasteiger partial charge in [0.25, 0.3) is 0 Å². The number of hydrogen-bond donors (Lipinski definition) is 3. The highest BCUT2D eigenvalue weighted by molar-refractivity contribution is 7.98. The van der Waals surface area contributed by atoms with Gasteiger partial charge in [-0.05, 0) is 11.3 Å². The van der Waals surface area contributed by atoms with E-state index in [9.17, 15) is 15.3 Å². The quantitative estimate of drug-likeness (QED) is 0.500. The lowest BCUT2D eigenvalue weighted by molar-refractivity contribution is -0.0511. The largest absolute Gasteiger partial charge is 0.394 e. The Morgan fingerprint density at radius 3 is 2.64 bits per heavy atom. The third-order valence-electron chi connectivity index (χ3n) is 4.82. The predicted octanol–water partition coefficient (Wildman–Crippen LogP) is 0.914. The van der Waals surface area contributed by atoms with E-state index in [0.717, 1.165) is 23.6 Å². The molecule has 0 spiro atoms. The summed E-state index contributed by atoms with van der Waals surface area (Å²) in [4.78, 5) is 13.0. The van der Waals surface area contributed by atoms with Crippen molar-refractivity contribution in [3.63, 3.8) is 0 Å². The molecule has 8 nitrogen and oxygen atoms in total. The lowest BCUT2D eigenvalue weighted by Gasteiger charge is -2.16. The number of aryl methyl sites for hydroxylation is 1. The first-order valence-corrected chi connectivity index (χ1v) is 10.2. The van der Waals surface area contributed by atoms with Crippen LogP contribution in [0, 0.1) is 0 Å². The number of rotatable bonds is 7. The third kappa shape index (κ3) is 3.76. The molecule has 1 aliphatic heterocycles. The van der Waals surface area contributed by atoms with Gasteiger partial charge in [0, 0.05) is 12.2 Å². The van der Waals surface area contributed by atoms with Gasteiger partial charge in [0.2, 0.25) is 0 Å².